The minimum absolute atomic E-state index is 0.00914. The lowest BCUT2D eigenvalue weighted by atomic mass is 9.72. The summed E-state index contributed by atoms with van der Waals surface area (Å²) < 4.78 is 13.5. The summed E-state index contributed by atoms with van der Waals surface area (Å²) in [6.45, 7) is 7.38. The highest BCUT2D eigenvalue weighted by Gasteiger charge is 2.43. The Morgan fingerprint density at radius 2 is 1.17 bits per heavy atom. The van der Waals surface area contributed by atoms with Crippen molar-refractivity contribution < 1.29 is 48.8 Å². The Labute approximate surface area is 317 Å². The number of hydrogen-bond acceptors (Lipinski definition) is 11. The number of methoxy groups -OCH3 is 2. The molecule has 3 N–H and O–H groups in total. The molecule has 0 aromatic carbocycles. The van der Waals surface area contributed by atoms with Crippen molar-refractivity contribution in [1.29, 1.82) is 10.5 Å². The molecule has 0 radical (unpaired) electrons. The number of hydrogen-bond donors (Lipinski definition) is 3. The molecule has 2 rings (SSSR count). The van der Waals surface area contributed by atoms with Crippen LogP contribution in [0.3, 0.4) is 0 Å². The van der Waals surface area contributed by atoms with E-state index in [1.807, 2.05) is 29.2 Å². The lowest BCUT2D eigenvalue weighted by Crippen LogP contribution is -2.37. The van der Waals surface area contributed by atoms with E-state index in [2.05, 4.69) is 22.1 Å². The van der Waals surface area contributed by atoms with Crippen LogP contribution in [0.2, 0.25) is 0 Å². The number of rotatable bonds is 24. The molecule has 0 amide bonds. The average molecular weight is 757 g/mol. The monoisotopic (exact) mass is 756 g/mol. The maximum atomic E-state index is 12.4. The van der Waals surface area contributed by atoms with Crippen molar-refractivity contribution in [2.24, 2.45) is 35.0 Å². The van der Waals surface area contributed by atoms with E-state index in [0.717, 1.165) is 12.8 Å². The molecule has 16 heteroatoms. The fourth-order valence-corrected chi connectivity index (χ4v) is 6.80. The van der Waals surface area contributed by atoms with Crippen LogP contribution in [0.25, 0.3) is 0 Å². The topological polar surface area (TPSA) is 248 Å². The molecule has 0 bridgehead atoms. The zero-order valence-corrected chi connectivity index (χ0v) is 32.2. The summed E-state index contributed by atoms with van der Waals surface area (Å²) in [5, 5.41) is 47.3. The van der Waals surface area contributed by atoms with E-state index in [1.165, 1.54) is 14.2 Å². The third-order valence-electron chi connectivity index (χ3n) is 10.2. The Kier molecular flexibility index (Phi) is 20.9. The molecule has 0 fully saturated rings. The molecular weight excluding hydrogens is 700 g/mol. The largest absolute Gasteiger partial charge is 0.481 e. The SMILES string of the molecule is CCC(CC(C#N)CC(CC(CC)(CC(=O)O)C(=O)O)C(=O)OC)n1ccnc1.CCC(CC(CC(C#N)CC(CC)n1ccnc1)C(=O)OC)C(=O)O. The van der Waals surface area contributed by atoms with Crippen molar-refractivity contribution in [1.82, 2.24) is 19.1 Å². The van der Waals surface area contributed by atoms with Gasteiger partial charge in [0.2, 0.25) is 0 Å². The van der Waals surface area contributed by atoms with Gasteiger partial charge in [-0.15, -0.1) is 0 Å². The second-order valence-electron chi connectivity index (χ2n) is 13.6. The molecule has 2 aromatic rings. The summed E-state index contributed by atoms with van der Waals surface area (Å²) in [5.74, 6) is -7.50. The first-order valence-corrected chi connectivity index (χ1v) is 18.3. The molecule has 0 aliphatic rings. The van der Waals surface area contributed by atoms with E-state index in [4.69, 9.17) is 9.47 Å². The molecule has 0 saturated heterocycles. The van der Waals surface area contributed by atoms with Gasteiger partial charge in [0.05, 0.1) is 68.6 Å². The van der Waals surface area contributed by atoms with Crippen LogP contribution >= 0.6 is 0 Å². The summed E-state index contributed by atoms with van der Waals surface area (Å²) in [7, 11) is 2.49. The highest BCUT2D eigenvalue weighted by atomic mass is 16.5. The number of esters is 2. The van der Waals surface area contributed by atoms with E-state index in [9.17, 15) is 49.8 Å². The van der Waals surface area contributed by atoms with Crippen molar-refractivity contribution in [2.75, 3.05) is 14.2 Å². The van der Waals surface area contributed by atoms with Gasteiger partial charge in [0, 0.05) is 48.7 Å². The first-order chi connectivity index (χ1) is 25.7. The van der Waals surface area contributed by atoms with E-state index in [-0.39, 0.29) is 43.7 Å². The highest BCUT2D eigenvalue weighted by Crippen LogP contribution is 2.38. The van der Waals surface area contributed by atoms with Gasteiger partial charge in [-0.2, -0.15) is 10.5 Å². The number of aromatic nitrogens is 4. The minimum Gasteiger partial charge on any atom is -0.481 e. The van der Waals surface area contributed by atoms with E-state index < -0.39 is 65.4 Å². The van der Waals surface area contributed by atoms with Crippen LogP contribution in [0.5, 0.6) is 0 Å². The predicted octanol–water partition coefficient (Wildman–Crippen LogP) is 5.93. The average Bonchev–Trinajstić information content (AvgIpc) is 3.90. The van der Waals surface area contributed by atoms with Gasteiger partial charge < -0.3 is 33.9 Å². The minimum atomic E-state index is -1.60. The molecule has 0 saturated carbocycles. The van der Waals surface area contributed by atoms with Crippen molar-refractivity contribution in [3.63, 3.8) is 0 Å². The van der Waals surface area contributed by atoms with E-state index in [0.29, 0.717) is 25.7 Å². The van der Waals surface area contributed by atoms with E-state index in [1.54, 1.807) is 45.1 Å². The molecule has 2 heterocycles. The van der Waals surface area contributed by atoms with Crippen molar-refractivity contribution >= 4 is 29.8 Å². The Bertz CT molecular complexity index is 1530. The van der Waals surface area contributed by atoms with Crippen molar-refractivity contribution in [2.45, 2.75) is 110 Å². The maximum Gasteiger partial charge on any atom is 0.310 e. The van der Waals surface area contributed by atoms with Crippen molar-refractivity contribution in [3.05, 3.63) is 37.4 Å². The third kappa shape index (κ3) is 14.6. The molecule has 2 aromatic heterocycles. The number of nitriles is 2. The van der Waals surface area contributed by atoms with Crippen LogP contribution in [-0.2, 0) is 33.4 Å². The van der Waals surface area contributed by atoms with Gasteiger partial charge in [0.25, 0.3) is 0 Å². The van der Waals surface area contributed by atoms with Crippen LogP contribution < -0.4 is 0 Å². The summed E-state index contributed by atoms with van der Waals surface area (Å²) in [4.78, 5) is 66.9. The number of carbonyl (C=O) groups excluding carboxylic acids is 2. The molecule has 16 nitrogen and oxygen atoms in total. The fourth-order valence-electron chi connectivity index (χ4n) is 6.80. The third-order valence-corrected chi connectivity index (χ3v) is 10.2. The molecule has 0 spiro atoms. The molecule has 0 aliphatic carbocycles. The van der Waals surface area contributed by atoms with Crippen LogP contribution in [0.1, 0.15) is 110 Å². The molecule has 298 valence electrons. The second kappa shape index (κ2) is 24.1. The number of carbonyl (C=O) groups is 5. The first-order valence-electron chi connectivity index (χ1n) is 18.3. The lowest BCUT2D eigenvalue weighted by Gasteiger charge is -2.31. The number of carboxylic acids is 3. The van der Waals surface area contributed by atoms with Crippen LogP contribution in [0.4, 0.5) is 0 Å². The highest BCUT2D eigenvalue weighted by molar-refractivity contribution is 5.82. The zero-order chi connectivity index (χ0) is 40.8. The first kappa shape index (κ1) is 46.8. The number of carboxylic acid groups (broad SMARTS) is 3. The van der Waals surface area contributed by atoms with Gasteiger partial charge in [-0.05, 0) is 64.2 Å². The Morgan fingerprint density at radius 1 is 0.704 bits per heavy atom. The Morgan fingerprint density at radius 3 is 1.48 bits per heavy atom. The normalized spacial score (nSPS) is 15.9. The number of nitrogens with zero attached hydrogens (tertiary/aromatic N) is 6. The summed E-state index contributed by atoms with van der Waals surface area (Å²) in [6.07, 6.45) is 13.3. The van der Waals surface area contributed by atoms with E-state index >= 15 is 0 Å². The standard InChI is InChI=1S/C20H29N3O6.C18H27N3O4/c1-4-16(23-7-6-22-13-23)9-14(12-21)8-15(18(26)29-3)10-20(5-2,19(27)28)11-17(24)25;1-4-14(17(22)23)10-15(18(24)25-3)8-13(11-19)9-16(5-2)21-7-6-20-12-21/h6-7,13-16H,4-5,8-11H2,1-3H3,(H,24,25)(H,27,28);6-7,12-16H,4-5,8-10H2,1-3H3,(H,22,23). The Balaban J connectivity index is 0.000000546. The lowest BCUT2D eigenvalue weighted by molar-refractivity contribution is -0.160. The zero-order valence-electron chi connectivity index (χ0n) is 32.2. The van der Waals surface area contributed by atoms with Gasteiger partial charge >= 0.3 is 29.8 Å². The van der Waals surface area contributed by atoms with Gasteiger partial charge in [0.15, 0.2) is 0 Å². The Hall–Kier alpha value is -5.25. The second-order valence-corrected chi connectivity index (χ2v) is 13.6. The van der Waals surface area contributed by atoms with Gasteiger partial charge in [-0.1, -0.05) is 27.7 Å². The summed E-state index contributed by atoms with van der Waals surface area (Å²) in [6, 6.07) is 4.60. The number of imidazole rings is 2. The summed E-state index contributed by atoms with van der Waals surface area (Å²) in [5.41, 5.74) is -1.60. The van der Waals surface area contributed by atoms with Crippen LogP contribution in [0, 0.1) is 57.7 Å². The van der Waals surface area contributed by atoms with Crippen molar-refractivity contribution in [3.8, 4) is 12.1 Å². The molecule has 8 atom stereocenters. The molecule has 54 heavy (non-hydrogen) atoms. The van der Waals surface area contributed by atoms with Gasteiger partial charge in [-0.25, -0.2) is 9.97 Å². The van der Waals surface area contributed by atoms with Crippen LogP contribution in [0.15, 0.2) is 37.4 Å². The molecular formula is C38H56N6O10. The van der Waals surface area contributed by atoms with Crippen LogP contribution in [-0.4, -0.2) is 78.5 Å². The number of aliphatic carboxylic acids is 3. The molecule has 0 aliphatic heterocycles. The predicted molar refractivity (Wildman–Crippen MR) is 194 cm³/mol. The maximum absolute atomic E-state index is 12.4. The fraction of sp³-hybridized carbons (Fsp3) is 0.658. The van der Waals surface area contributed by atoms with Gasteiger partial charge in [0.1, 0.15) is 0 Å². The summed E-state index contributed by atoms with van der Waals surface area (Å²) >= 11 is 0. The number of ether oxygens (including phenoxy) is 2. The quantitative estimate of drug-likeness (QED) is 0.105. The smallest absolute Gasteiger partial charge is 0.310 e. The van der Waals surface area contributed by atoms with Gasteiger partial charge in [-0.3, -0.25) is 24.0 Å². The molecule has 8 unspecified atom stereocenters.